The number of aromatic amines is 1. The van der Waals surface area contributed by atoms with Gasteiger partial charge in [-0.05, 0) is 85.0 Å². The lowest BCUT2D eigenvalue weighted by Gasteiger charge is -2.24. The zero-order valence-corrected chi connectivity index (χ0v) is 21.2. The standard InChI is InChI=1S/C27H28N4O2.C2H6/c1-4-13-31(27(33)20-9-7-19(8-10-20)26(28)32)16-23-14-21(6-5-17(23)2)22-11-12-24-25(15-22)30-18(3)29-24;1-2/h5-12,14-15H,4,13,16H2,1-3H3,(H2,28,32)(H,29,30);1-2H3. The summed E-state index contributed by atoms with van der Waals surface area (Å²) in [6.45, 7) is 11.2. The van der Waals surface area contributed by atoms with E-state index >= 15 is 0 Å². The summed E-state index contributed by atoms with van der Waals surface area (Å²) < 4.78 is 0. The molecule has 0 saturated carbocycles. The molecular weight excluding hydrogens is 436 g/mol. The van der Waals surface area contributed by atoms with Crippen LogP contribution in [0.1, 0.15) is 64.9 Å². The molecule has 4 aromatic rings. The van der Waals surface area contributed by atoms with Crippen LogP contribution >= 0.6 is 0 Å². The molecule has 6 heteroatoms. The molecule has 0 saturated heterocycles. The number of amides is 2. The number of nitrogens with one attached hydrogen (secondary N) is 1. The van der Waals surface area contributed by atoms with Crippen molar-refractivity contribution in [3.05, 3.63) is 88.7 Å². The third kappa shape index (κ3) is 5.96. The Balaban J connectivity index is 0.00000167. The van der Waals surface area contributed by atoms with E-state index in [1.165, 1.54) is 0 Å². The Kier molecular flexibility index (Phi) is 8.42. The quantitative estimate of drug-likeness (QED) is 0.346. The summed E-state index contributed by atoms with van der Waals surface area (Å²) in [6.07, 6.45) is 0.847. The van der Waals surface area contributed by atoms with Crippen molar-refractivity contribution in [3.63, 3.8) is 0 Å². The van der Waals surface area contributed by atoms with E-state index in [2.05, 4.69) is 54.1 Å². The van der Waals surface area contributed by atoms with E-state index in [1.54, 1.807) is 24.3 Å². The molecule has 1 aromatic heterocycles. The first kappa shape index (κ1) is 25.7. The van der Waals surface area contributed by atoms with Gasteiger partial charge in [0.05, 0.1) is 11.0 Å². The molecule has 3 N–H and O–H groups in total. The smallest absolute Gasteiger partial charge is 0.254 e. The summed E-state index contributed by atoms with van der Waals surface area (Å²) >= 11 is 0. The Morgan fingerprint density at radius 1 is 0.914 bits per heavy atom. The minimum Gasteiger partial charge on any atom is -0.366 e. The zero-order chi connectivity index (χ0) is 25.5. The van der Waals surface area contributed by atoms with E-state index in [9.17, 15) is 9.59 Å². The number of carbonyl (C=O) groups excluding carboxylic acids is 2. The third-order valence-electron chi connectivity index (χ3n) is 5.84. The van der Waals surface area contributed by atoms with Crippen LogP contribution in [0.25, 0.3) is 22.2 Å². The Morgan fingerprint density at radius 3 is 2.20 bits per heavy atom. The van der Waals surface area contributed by atoms with Gasteiger partial charge in [0, 0.05) is 24.2 Å². The summed E-state index contributed by atoms with van der Waals surface area (Å²) in [4.78, 5) is 34.2. The number of rotatable bonds is 7. The Bertz CT molecular complexity index is 1320. The molecular formula is C29H34N4O2. The number of H-pyrrole nitrogens is 1. The van der Waals surface area contributed by atoms with Crippen molar-refractivity contribution in [2.24, 2.45) is 5.73 Å². The minimum absolute atomic E-state index is 0.0629. The fraction of sp³-hybridized carbons (Fsp3) is 0.276. The molecule has 0 bridgehead atoms. The van der Waals surface area contributed by atoms with Gasteiger partial charge in [-0.15, -0.1) is 0 Å². The average Bonchev–Trinajstić information content (AvgIpc) is 3.25. The van der Waals surface area contributed by atoms with Crippen molar-refractivity contribution in [2.45, 2.75) is 47.6 Å². The van der Waals surface area contributed by atoms with Crippen LogP contribution in [0.3, 0.4) is 0 Å². The van der Waals surface area contributed by atoms with Crippen molar-refractivity contribution >= 4 is 22.8 Å². The fourth-order valence-corrected chi connectivity index (χ4v) is 4.03. The maximum atomic E-state index is 13.2. The molecule has 0 spiro atoms. The summed E-state index contributed by atoms with van der Waals surface area (Å²) in [6, 6.07) is 19.1. The first-order valence-corrected chi connectivity index (χ1v) is 12.1. The van der Waals surface area contributed by atoms with Crippen LogP contribution in [0.15, 0.2) is 60.7 Å². The maximum absolute atomic E-state index is 13.2. The second kappa shape index (κ2) is 11.5. The number of carbonyl (C=O) groups is 2. The topological polar surface area (TPSA) is 92.1 Å². The number of aromatic nitrogens is 2. The number of nitrogens with two attached hydrogens (primary N) is 1. The van der Waals surface area contributed by atoms with E-state index in [4.69, 9.17) is 5.73 Å². The van der Waals surface area contributed by atoms with Gasteiger partial charge in [-0.3, -0.25) is 9.59 Å². The lowest BCUT2D eigenvalue weighted by atomic mass is 9.98. The second-order valence-electron chi connectivity index (χ2n) is 8.36. The predicted octanol–water partition coefficient (Wildman–Crippen LogP) is 6.02. The maximum Gasteiger partial charge on any atom is 0.254 e. The van der Waals surface area contributed by atoms with Crippen LogP contribution in [-0.2, 0) is 6.54 Å². The zero-order valence-electron chi connectivity index (χ0n) is 21.2. The second-order valence-corrected chi connectivity index (χ2v) is 8.36. The SMILES string of the molecule is CC.CCCN(Cc1cc(-c2ccc3nc(C)[nH]c3c2)ccc1C)C(=O)c1ccc(C(N)=O)cc1. The monoisotopic (exact) mass is 470 g/mol. The van der Waals surface area contributed by atoms with Crippen molar-refractivity contribution in [3.8, 4) is 11.1 Å². The average molecular weight is 471 g/mol. The largest absolute Gasteiger partial charge is 0.366 e. The number of aryl methyl sites for hydroxylation is 2. The van der Waals surface area contributed by atoms with Gasteiger partial charge in [0.2, 0.25) is 5.91 Å². The molecule has 2 amide bonds. The number of nitrogens with zero attached hydrogens (tertiary/aromatic N) is 2. The molecule has 4 rings (SSSR count). The summed E-state index contributed by atoms with van der Waals surface area (Å²) in [5.41, 5.74) is 12.6. The molecule has 182 valence electrons. The van der Waals surface area contributed by atoms with Crippen LogP contribution in [0, 0.1) is 13.8 Å². The molecule has 0 aliphatic heterocycles. The van der Waals surface area contributed by atoms with Gasteiger partial charge in [0.25, 0.3) is 5.91 Å². The van der Waals surface area contributed by atoms with Crippen molar-refractivity contribution < 1.29 is 9.59 Å². The number of benzene rings is 3. The third-order valence-corrected chi connectivity index (χ3v) is 5.84. The predicted molar refractivity (Wildman–Crippen MR) is 142 cm³/mol. The van der Waals surface area contributed by atoms with Gasteiger partial charge in [-0.25, -0.2) is 4.98 Å². The van der Waals surface area contributed by atoms with E-state index in [0.717, 1.165) is 45.5 Å². The highest BCUT2D eigenvalue weighted by atomic mass is 16.2. The number of primary amides is 1. The van der Waals surface area contributed by atoms with E-state index < -0.39 is 5.91 Å². The van der Waals surface area contributed by atoms with Gasteiger partial charge >= 0.3 is 0 Å². The lowest BCUT2D eigenvalue weighted by molar-refractivity contribution is 0.0742. The van der Waals surface area contributed by atoms with Crippen molar-refractivity contribution in [1.29, 1.82) is 0 Å². The summed E-state index contributed by atoms with van der Waals surface area (Å²) in [5, 5.41) is 0. The van der Waals surface area contributed by atoms with Crippen LogP contribution in [0.5, 0.6) is 0 Å². The molecule has 0 fully saturated rings. The number of fused-ring (bicyclic) bond motifs is 1. The van der Waals surface area contributed by atoms with Crippen LogP contribution in [-0.4, -0.2) is 33.2 Å². The highest BCUT2D eigenvalue weighted by molar-refractivity contribution is 5.97. The molecule has 0 aliphatic carbocycles. The highest BCUT2D eigenvalue weighted by Crippen LogP contribution is 2.26. The van der Waals surface area contributed by atoms with Crippen LogP contribution < -0.4 is 5.73 Å². The summed E-state index contributed by atoms with van der Waals surface area (Å²) in [7, 11) is 0. The highest BCUT2D eigenvalue weighted by Gasteiger charge is 2.17. The van der Waals surface area contributed by atoms with Gasteiger partial charge in [0.15, 0.2) is 0 Å². The van der Waals surface area contributed by atoms with Gasteiger partial charge < -0.3 is 15.6 Å². The van der Waals surface area contributed by atoms with Crippen LogP contribution in [0.2, 0.25) is 0 Å². The number of hydrogen-bond donors (Lipinski definition) is 2. The Hall–Kier alpha value is -3.93. The van der Waals surface area contributed by atoms with Gasteiger partial charge in [0.1, 0.15) is 5.82 Å². The van der Waals surface area contributed by atoms with E-state index in [0.29, 0.717) is 24.2 Å². The van der Waals surface area contributed by atoms with E-state index in [-0.39, 0.29) is 5.91 Å². The molecule has 6 nitrogen and oxygen atoms in total. The van der Waals surface area contributed by atoms with E-state index in [1.807, 2.05) is 31.7 Å². The van der Waals surface area contributed by atoms with Crippen molar-refractivity contribution in [2.75, 3.05) is 6.54 Å². The molecule has 0 aliphatic rings. The fourth-order valence-electron chi connectivity index (χ4n) is 4.03. The number of hydrogen-bond acceptors (Lipinski definition) is 3. The first-order valence-electron chi connectivity index (χ1n) is 12.1. The lowest BCUT2D eigenvalue weighted by Crippen LogP contribution is -2.31. The van der Waals surface area contributed by atoms with Gasteiger partial charge in [-0.1, -0.05) is 39.0 Å². The Morgan fingerprint density at radius 2 is 1.54 bits per heavy atom. The Labute approximate surface area is 207 Å². The first-order chi connectivity index (χ1) is 16.9. The molecule has 3 aromatic carbocycles. The normalized spacial score (nSPS) is 10.5. The van der Waals surface area contributed by atoms with Gasteiger partial charge in [-0.2, -0.15) is 0 Å². The molecule has 0 atom stereocenters. The summed E-state index contributed by atoms with van der Waals surface area (Å²) in [5.74, 6) is 0.326. The molecule has 35 heavy (non-hydrogen) atoms. The van der Waals surface area contributed by atoms with Crippen LogP contribution in [0.4, 0.5) is 0 Å². The number of imidazole rings is 1. The molecule has 0 unspecified atom stereocenters. The van der Waals surface area contributed by atoms with Crippen molar-refractivity contribution in [1.82, 2.24) is 14.9 Å². The molecule has 1 heterocycles. The molecule has 0 radical (unpaired) electrons. The minimum atomic E-state index is -0.504.